The van der Waals surface area contributed by atoms with Crippen molar-refractivity contribution in [3.63, 3.8) is 0 Å². The molecule has 7 nitrogen and oxygen atoms in total. The van der Waals surface area contributed by atoms with Gasteiger partial charge in [0.25, 0.3) is 0 Å². The second-order valence-electron chi connectivity index (χ2n) is 7.59. The number of ether oxygens (including phenoxy) is 2. The van der Waals surface area contributed by atoms with Gasteiger partial charge in [0.2, 0.25) is 0 Å². The lowest BCUT2D eigenvalue weighted by atomic mass is 9.80. The van der Waals surface area contributed by atoms with Crippen molar-refractivity contribution < 1.29 is 14.6 Å². The minimum Gasteiger partial charge on any atom is -0.497 e. The van der Waals surface area contributed by atoms with E-state index in [1.54, 1.807) is 7.11 Å². The maximum Gasteiger partial charge on any atom is 0.191 e. The zero-order valence-corrected chi connectivity index (χ0v) is 19.9. The Labute approximate surface area is 191 Å². The van der Waals surface area contributed by atoms with Crippen LogP contribution in [-0.2, 0) is 4.74 Å². The van der Waals surface area contributed by atoms with Gasteiger partial charge in [-0.05, 0) is 43.9 Å². The number of hydrogen-bond donors (Lipinski definition) is 3. The van der Waals surface area contributed by atoms with Crippen molar-refractivity contribution in [2.75, 3.05) is 53.0 Å². The van der Waals surface area contributed by atoms with Gasteiger partial charge in [-0.15, -0.1) is 24.0 Å². The number of morpholine rings is 1. The fourth-order valence-electron chi connectivity index (χ4n) is 3.68. The predicted octanol–water partition coefficient (Wildman–Crippen LogP) is 2.16. The van der Waals surface area contributed by atoms with Crippen LogP contribution in [0.25, 0.3) is 0 Å². The second kappa shape index (κ2) is 11.9. The number of nitrogens with zero attached hydrogens (tertiary/aromatic N) is 2. The van der Waals surface area contributed by atoms with Gasteiger partial charge in [-0.3, -0.25) is 9.89 Å². The van der Waals surface area contributed by atoms with Crippen LogP contribution in [-0.4, -0.2) is 74.6 Å². The highest BCUT2D eigenvalue weighted by atomic mass is 127. The molecule has 0 amide bonds. The maximum atomic E-state index is 10.3. The monoisotopic (exact) mass is 518 g/mol. The van der Waals surface area contributed by atoms with Gasteiger partial charge in [0.05, 0.1) is 38.5 Å². The molecule has 1 aromatic carbocycles. The van der Waals surface area contributed by atoms with Gasteiger partial charge in [-0.25, -0.2) is 0 Å². The van der Waals surface area contributed by atoms with Crippen LogP contribution in [0.3, 0.4) is 0 Å². The normalized spacial score (nSPS) is 20.2. The van der Waals surface area contributed by atoms with Gasteiger partial charge in [0.15, 0.2) is 5.96 Å². The molecule has 2 fully saturated rings. The van der Waals surface area contributed by atoms with Crippen molar-refractivity contribution in [3.8, 4) is 5.75 Å². The van der Waals surface area contributed by atoms with E-state index >= 15 is 0 Å². The van der Waals surface area contributed by atoms with Crippen LogP contribution in [0.4, 0.5) is 0 Å². The molecule has 3 N–H and O–H groups in total. The summed E-state index contributed by atoms with van der Waals surface area (Å²) in [7, 11) is 1.69. The molecule has 1 aliphatic carbocycles. The Bertz CT molecular complexity index is 631. The summed E-state index contributed by atoms with van der Waals surface area (Å²) in [5.74, 6) is 1.62. The summed E-state index contributed by atoms with van der Waals surface area (Å²) >= 11 is 0. The molecular formula is C21H35IN4O3. The molecule has 2 aliphatic rings. The molecule has 1 saturated heterocycles. The standard InChI is InChI=1S/C21H34N4O3.HI/c1-3-22-20(24-16-21(26)9-4-10-21)23-15-19(25-11-13-28-14-12-25)17-5-7-18(27-2)8-6-17;/h5-8,19,26H,3-4,9-16H2,1-2H3,(H2,22,23,24);1H. The second-order valence-corrected chi connectivity index (χ2v) is 7.59. The minimum atomic E-state index is -0.609. The van der Waals surface area contributed by atoms with Crippen LogP contribution in [0.2, 0.25) is 0 Å². The molecule has 1 heterocycles. The number of nitrogens with one attached hydrogen (secondary N) is 2. The molecule has 0 bridgehead atoms. The summed E-state index contributed by atoms with van der Waals surface area (Å²) < 4.78 is 10.8. The summed E-state index contributed by atoms with van der Waals surface area (Å²) in [6.45, 7) is 7.36. The molecule has 8 heteroatoms. The average Bonchev–Trinajstić information content (AvgIpc) is 2.72. The highest BCUT2D eigenvalue weighted by Crippen LogP contribution is 2.31. The quantitative estimate of drug-likeness (QED) is 0.278. The van der Waals surface area contributed by atoms with Gasteiger partial charge >= 0.3 is 0 Å². The van der Waals surface area contributed by atoms with Crippen molar-refractivity contribution in [2.24, 2.45) is 4.99 Å². The van der Waals surface area contributed by atoms with Crippen LogP contribution in [0.5, 0.6) is 5.75 Å². The van der Waals surface area contributed by atoms with E-state index in [-0.39, 0.29) is 30.0 Å². The van der Waals surface area contributed by atoms with Gasteiger partial charge in [0.1, 0.15) is 5.75 Å². The van der Waals surface area contributed by atoms with E-state index in [1.807, 2.05) is 12.1 Å². The van der Waals surface area contributed by atoms with E-state index in [2.05, 4.69) is 39.6 Å². The molecule has 0 radical (unpaired) electrons. The molecule has 1 saturated carbocycles. The van der Waals surface area contributed by atoms with Crippen LogP contribution in [0.15, 0.2) is 29.3 Å². The Hall–Kier alpha value is -1.10. The van der Waals surface area contributed by atoms with Crippen molar-refractivity contribution >= 4 is 29.9 Å². The molecule has 29 heavy (non-hydrogen) atoms. The van der Waals surface area contributed by atoms with Crippen LogP contribution >= 0.6 is 24.0 Å². The zero-order valence-electron chi connectivity index (χ0n) is 17.5. The van der Waals surface area contributed by atoms with Gasteiger partial charge in [-0.2, -0.15) is 0 Å². The van der Waals surface area contributed by atoms with E-state index in [1.165, 1.54) is 5.56 Å². The lowest BCUT2D eigenvalue weighted by molar-refractivity contribution is -0.0236. The number of rotatable bonds is 8. The van der Waals surface area contributed by atoms with Crippen LogP contribution in [0.1, 0.15) is 37.8 Å². The van der Waals surface area contributed by atoms with E-state index < -0.39 is 5.60 Å². The molecule has 0 aromatic heterocycles. The van der Waals surface area contributed by atoms with E-state index in [0.717, 1.165) is 70.4 Å². The summed E-state index contributed by atoms with van der Waals surface area (Å²) in [6.07, 6.45) is 2.78. The smallest absolute Gasteiger partial charge is 0.191 e. The number of guanidine groups is 1. The Kier molecular flexibility index (Phi) is 9.94. The number of methoxy groups -OCH3 is 1. The SMILES string of the molecule is CCNC(=NCC1(O)CCC1)NCC(c1ccc(OC)cc1)N1CCOCC1.I. The molecule has 0 spiro atoms. The number of benzene rings is 1. The number of aliphatic imine (C=N–C) groups is 1. The fraction of sp³-hybridized carbons (Fsp3) is 0.667. The summed E-state index contributed by atoms with van der Waals surface area (Å²) in [6, 6.07) is 8.48. The first kappa shape index (κ1) is 24.2. The van der Waals surface area contributed by atoms with Gasteiger partial charge in [-0.1, -0.05) is 12.1 Å². The Balaban J connectivity index is 0.00000300. The Morgan fingerprint density at radius 1 is 1.24 bits per heavy atom. The summed E-state index contributed by atoms with van der Waals surface area (Å²) in [5.41, 5.74) is 0.630. The predicted molar refractivity (Wildman–Crippen MR) is 126 cm³/mol. The third-order valence-corrected chi connectivity index (χ3v) is 5.61. The van der Waals surface area contributed by atoms with Gasteiger partial charge in [0, 0.05) is 26.2 Å². The first-order chi connectivity index (χ1) is 13.6. The van der Waals surface area contributed by atoms with Crippen molar-refractivity contribution in [1.82, 2.24) is 15.5 Å². The third kappa shape index (κ3) is 6.97. The lowest BCUT2D eigenvalue weighted by Gasteiger charge is -2.36. The van der Waals surface area contributed by atoms with E-state index in [4.69, 9.17) is 9.47 Å². The number of aliphatic hydroxyl groups is 1. The number of hydrogen-bond acceptors (Lipinski definition) is 5. The third-order valence-electron chi connectivity index (χ3n) is 5.61. The Morgan fingerprint density at radius 2 is 1.93 bits per heavy atom. The summed E-state index contributed by atoms with van der Waals surface area (Å²) in [4.78, 5) is 7.07. The average molecular weight is 518 g/mol. The molecule has 3 rings (SSSR count). The molecule has 1 aliphatic heterocycles. The molecule has 1 unspecified atom stereocenters. The van der Waals surface area contributed by atoms with Crippen LogP contribution in [0, 0.1) is 0 Å². The van der Waals surface area contributed by atoms with E-state index in [9.17, 15) is 5.11 Å². The maximum absolute atomic E-state index is 10.3. The first-order valence-corrected chi connectivity index (χ1v) is 10.3. The topological polar surface area (TPSA) is 78.4 Å². The Morgan fingerprint density at radius 3 is 2.48 bits per heavy atom. The fourth-order valence-corrected chi connectivity index (χ4v) is 3.68. The van der Waals surface area contributed by atoms with Crippen molar-refractivity contribution in [1.29, 1.82) is 0 Å². The molecule has 1 atom stereocenters. The largest absolute Gasteiger partial charge is 0.497 e. The highest BCUT2D eigenvalue weighted by Gasteiger charge is 2.34. The zero-order chi connectivity index (χ0) is 19.8. The molecular weight excluding hydrogens is 483 g/mol. The van der Waals surface area contributed by atoms with E-state index in [0.29, 0.717) is 6.54 Å². The lowest BCUT2D eigenvalue weighted by Crippen LogP contribution is -2.47. The highest BCUT2D eigenvalue weighted by molar-refractivity contribution is 14.0. The molecule has 1 aromatic rings. The molecule has 164 valence electrons. The summed E-state index contributed by atoms with van der Waals surface area (Å²) in [5, 5.41) is 17.1. The van der Waals surface area contributed by atoms with Gasteiger partial charge < -0.3 is 25.2 Å². The van der Waals surface area contributed by atoms with Crippen molar-refractivity contribution in [2.45, 2.75) is 37.8 Å². The number of halogens is 1. The minimum absolute atomic E-state index is 0. The van der Waals surface area contributed by atoms with Crippen LogP contribution < -0.4 is 15.4 Å². The van der Waals surface area contributed by atoms with Crippen molar-refractivity contribution in [3.05, 3.63) is 29.8 Å². The first-order valence-electron chi connectivity index (χ1n) is 10.3.